The molecule has 0 spiro atoms. The van der Waals surface area contributed by atoms with E-state index in [-0.39, 0.29) is 43.1 Å². The highest BCUT2D eigenvalue weighted by Gasteiger charge is 2.30. The standard InChI is InChI=1S/C68H76IN5O2/c1-63(2,3)43-29-40(30-44(35-43)64(4,5)6)59-52-25-23-50(70-52)58(39-19-21-49(69)22-20-39)51-24-26-54(71-51)60(41-31-45(65(7,8)9)36-46(32-41)66(10,11)12)56-38-57(74(75)76)62(73-56)61(55-28-27-53(59)72-55)42-33-47(67(13,14)15)37-48(34-42)68(16,17)18/h19-38,70,73H,1-18H3. The number of hydrogen-bond acceptors (Lipinski definition) is 4. The van der Waals surface area contributed by atoms with E-state index in [0.717, 1.165) is 87.2 Å². The summed E-state index contributed by atoms with van der Waals surface area (Å²) in [5.41, 5.74) is 18.6. The van der Waals surface area contributed by atoms with Gasteiger partial charge in [0.1, 0.15) is 5.52 Å². The first kappa shape index (κ1) is 54.4. The summed E-state index contributed by atoms with van der Waals surface area (Å²) in [7, 11) is 0. The smallest absolute Gasteiger partial charge is 0.295 e. The van der Waals surface area contributed by atoms with E-state index in [1.165, 1.54) is 11.1 Å². The molecule has 8 heteroatoms. The van der Waals surface area contributed by atoms with Crippen molar-refractivity contribution in [3.63, 3.8) is 0 Å². The van der Waals surface area contributed by atoms with E-state index in [2.05, 4.69) is 272 Å². The van der Waals surface area contributed by atoms with E-state index in [9.17, 15) is 10.1 Å². The summed E-state index contributed by atoms with van der Waals surface area (Å²) >= 11 is 2.36. The molecule has 5 heterocycles. The minimum absolute atomic E-state index is 0.0405. The van der Waals surface area contributed by atoms with Gasteiger partial charge in [-0.25, -0.2) is 9.97 Å². The summed E-state index contributed by atoms with van der Waals surface area (Å²) in [5, 5.41) is 14.0. The molecule has 0 radical (unpaired) electrons. The summed E-state index contributed by atoms with van der Waals surface area (Å²) in [4.78, 5) is 32.8. The van der Waals surface area contributed by atoms with E-state index in [0.29, 0.717) is 28.0 Å². The zero-order valence-corrected chi connectivity index (χ0v) is 50.2. The van der Waals surface area contributed by atoms with E-state index in [1.54, 1.807) is 6.07 Å². The predicted molar refractivity (Wildman–Crippen MR) is 332 cm³/mol. The van der Waals surface area contributed by atoms with Crippen LogP contribution in [0, 0.1) is 13.7 Å². The molecule has 76 heavy (non-hydrogen) atoms. The molecule has 8 bridgehead atoms. The van der Waals surface area contributed by atoms with Gasteiger partial charge in [0, 0.05) is 42.9 Å². The molecule has 0 atom stereocenters. The molecule has 0 aliphatic carbocycles. The fraction of sp³-hybridized carbons (Fsp3) is 0.353. The van der Waals surface area contributed by atoms with Gasteiger partial charge < -0.3 is 9.97 Å². The number of nitrogens with zero attached hydrogens (tertiary/aromatic N) is 3. The van der Waals surface area contributed by atoms with Gasteiger partial charge >= 0.3 is 0 Å². The lowest BCUT2D eigenvalue weighted by Gasteiger charge is -2.26. The molecule has 0 saturated carbocycles. The number of rotatable bonds is 5. The van der Waals surface area contributed by atoms with Crippen molar-refractivity contribution >= 4 is 74.6 Å². The van der Waals surface area contributed by atoms with Gasteiger partial charge in [-0.2, -0.15) is 0 Å². The Morgan fingerprint density at radius 3 is 1.01 bits per heavy atom. The van der Waals surface area contributed by atoms with Crippen LogP contribution in [0.2, 0.25) is 0 Å². The van der Waals surface area contributed by atoms with Gasteiger partial charge in [0.25, 0.3) is 5.69 Å². The number of halogens is 1. The third-order valence-corrected chi connectivity index (χ3v) is 15.8. The van der Waals surface area contributed by atoms with Crippen molar-refractivity contribution < 1.29 is 4.92 Å². The Balaban J connectivity index is 1.58. The lowest BCUT2D eigenvalue weighted by molar-refractivity contribution is -0.382. The fourth-order valence-electron chi connectivity index (χ4n) is 10.2. The molecule has 2 aliphatic rings. The number of aromatic nitrogens is 4. The number of nitrogens with one attached hydrogen (secondary N) is 2. The van der Waals surface area contributed by atoms with E-state index in [4.69, 9.17) is 9.97 Å². The lowest BCUT2D eigenvalue weighted by Crippen LogP contribution is -2.16. The van der Waals surface area contributed by atoms with Crippen molar-refractivity contribution in [2.24, 2.45) is 0 Å². The van der Waals surface area contributed by atoms with Crippen molar-refractivity contribution in [1.29, 1.82) is 0 Å². The Kier molecular flexibility index (Phi) is 13.6. The SMILES string of the molecule is CC(C)(C)c1cc(-c2c3nc(c(-c4cc(C(C)(C)C)cc(C(C)(C)C)c4)c4[nH]c(cc4[N+](=O)[O-])c(-c4cc(C(C)(C)C)cc(C(C)(C)C)c4)c4nc(c(-c5ccc(I)cc5)c5ccc2[nH]5)C=C4)C=C3)cc(C(C)(C)C)c1. The maximum Gasteiger partial charge on any atom is 0.295 e. The molecule has 9 rings (SSSR count). The maximum atomic E-state index is 14.0. The first-order valence-electron chi connectivity index (χ1n) is 26.7. The highest BCUT2D eigenvalue weighted by molar-refractivity contribution is 14.1. The third-order valence-electron chi connectivity index (χ3n) is 15.0. The van der Waals surface area contributed by atoms with Crippen molar-refractivity contribution in [2.75, 3.05) is 0 Å². The minimum atomic E-state index is -0.244. The van der Waals surface area contributed by atoms with Crippen molar-refractivity contribution in [3.05, 3.63) is 167 Å². The van der Waals surface area contributed by atoms with Crippen LogP contribution in [0.4, 0.5) is 5.69 Å². The van der Waals surface area contributed by atoms with Crippen LogP contribution in [0.5, 0.6) is 0 Å². The molecule has 7 aromatic rings. The molecule has 4 aromatic carbocycles. The largest absolute Gasteiger partial charge is 0.354 e. The summed E-state index contributed by atoms with van der Waals surface area (Å²) < 4.78 is 1.13. The molecule has 392 valence electrons. The second-order valence-electron chi connectivity index (χ2n) is 27.3. The molecule has 2 aliphatic heterocycles. The molecule has 2 N–H and O–H groups in total. The molecule has 0 amide bonds. The van der Waals surface area contributed by atoms with Gasteiger partial charge in [0.15, 0.2) is 0 Å². The Bertz CT molecular complexity index is 3630. The molecule has 7 nitrogen and oxygen atoms in total. The van der Waals surface area contributed by atoms with Gasteiger partial charge in [-0.15, -0.1) is 0 Å². The first-order valence-corrected chi connectivity index (χ1v) is 27.8. The zero-order chi connectivity index (χ0) is 55.4. The molecule has 0 unspecified atom stereocenters. The van der Waals surface area contributed by atoms with Gasteiger partial charge in [0.05, 0.1) is 33.2 Å². The van der Waals surface area contributed by atoms with E-state index >= 15 is 0 Å². The first-order chi connectivity index (χ1) is 35.1. The predicted octanol–water partition coefficient (Wildman–Crippen LogP) is 19.6. The van der Waals surface area contributed by atoms with Crippen molar-refractivity contribution in [1.82, 2.24) is 19.9 Å². The molecule has 0 saturated heterocycles. The quantitative estimate of drug-likeness (QED) is 0.102. The Hall–Kier alpha value is -6.39. The third kappa shape index (κ3) is 10.8. The number of nitro groups is 1. The average molecular weight is 1120 g/mol. The van der Waals surface area contributed by atoms with Gasteiger partial charge in [-0.1, -0.05) is 191 Å². The van der Waals surface area contributed by atoms with Gasteiger partial charge in [-0.05, 0) is 159 Å². The van der Waals surface area contributed by atoms with Crippen LogP contribution in [0.15, 0.2) is 97.1 Å². The number of aromatic amines is 2. The summed E-state index contributed by atoms with van der Waals surface area (Å²) in [6.45, 7) is 40.3. The van der Waals surface area contributed by atoms with Crippen LogP contribution >= 0.6 is 22.6 Å². The molecule has 3 aromatic heterocycles. The Morgan fingerprint density at radius 2 is 0.684 bits per heavy atom. The maximum absolute atomic E-state index is 14.0. The Morgan fingerprint density at radius 1 is 0.382 bits per heavy atom. The molecular formula is C68H76IN5O2. The lowest BCUT2D eigenvalue weighted by atomic mass is 9.78. The molecule has 0 fully saturated rings. The molecular weight excluding hydrogens is 1050 g/mol. The highest BCUT2D eigenvalue weighted by atomic mass is 127. The monoisotopic (exact) mass is 1120 g/mol. The highest BCUT2D eigenvalue weighted by Crippen LogP contribution is 2.45. The summed E-state index contributed by atoms with van der Waals surface area (Å²) in [6, 6.07) is 35.2. The number of fused-ring (bicyclic) bond motifs is 8. The average Bonchev–Trinajstić information content (AvgIpc) is 4.16. The van der Waals surface area contributed by atoms with E-state index < -0.39 is 0 Å². The normalized spacial score (nSPS) is 13.5. The Labute approximate surface area is 465 Å². The minimum Gasteiger partial charge on any atom is -0.354 e. The van der Waals surface area contributed by atoms with Crippen LogP contribution in [0.1, 0.15) is 181 Å². The topological polar surface area (TPSA) is 100 Å². The van der Waals surface area contributed by atoms with Gasteiger partial charge in [-0.3, -0.25) is 10.1 Å². The number of benzene rings is 4. The van der Waals surface area contributed by atoms with Crippen LogP contribution in [0.25, 0.3) is 90.9 Å². The van der Waals surface area contributed by atoms with Crippen LogP contribution in [-0.4, -0.2) is 24.9 Å². The fourth-order valence-corrected chi connectivity index (χ4v) is 10.5. The summed E-state index contributed by atoms with van der Waals surface area (Å²) in [6.07, 6.45) is 8.32. The number of H-pyrrole nitrogens is 2. The second kappa shape index (κ2) is 19.0. The van der Waals surface area contributed by atoms with Crippen LogP contribution < -0.4 is 0 Å². The van der Waals surface area contributed by atoms with E-state index in [1.807, 2.05) is 0 Å². The van der Waals surface area contributed by atoms with Gasteiger partial charge in [0.2, 0.25) is 0 Å². The van der Waals surface area contributed by atoms with Crippen LogP contribution in [0.3, 0.4) is 0 Å². The van der Waals surface area contributed by atoms with Crippen molar-refractivity contribution in [2.45, 2.75) is 157 Å². The van der Waals surface area contributed by atoms with Crippen molar-refractivity contribution in [3.8, 4) is 44.5 Å². The van der Waals surface area contributed by atoms with Crippen LogP contribution in [-0.2, 0) is 32.5 Å². The second-order valence-corrected chi connectivity index (χ2v) is 28.6. The zero-order valence-electron chi connectivity index (χ0n) is 48.1. The number of hydrogen-bond donors (Lipinski definition) is 2. The summed E-state index contributed by atoms with van der Waals surface area (Å²) in [5.74, 6) is 0.